The summed E-state index contributed by atoms with van der Waals surface area (Å²) >= 11 is 3.57. The summed E-state index contributed by atoms with van der Waals surface area (Å²) in [5.74, 6) is 0.589. The molecule has 0 bridgehead atoms. The maximum absolute atomic E-state index is 12.0. The lowest BCUT2D eigenvalue weighted by molar-refractivity contribution is 0.0600. The van der Waals surface area contributed by atoms with Gasteiger partial charge in [-0.15, -0.1) is 0 Å². The van der Waals surface area contributed by atoms with Crippen LogP contribution in [0.3, 0.4) is 0 Å². The van der Waals surface area contributed by atoms with Gasteiger partial charge in [0.1, 0.15) is 17.6 Å². The summed E-state index contributed by atoms with van der Waals surface area (Å²) in [7, 11) is 2.02. The minimum Gasteiger partial charge on any atom is -0.496 e. The highest BCUT2D eigenvalue weighted by Gasteiger charge is 2.49. The van der Waals surface area contributed by atoms with Gasteiger partial charge in [0.05, 0.1) is 32.5 Å². The first-order valence-electron chi connectivity index (χ1n) is 10.6. The number of benzene rings is 2. The van der Waals surface area contributed by atoms with E-state index in [1.165, 1.54) is 7.11 Å². The molecule has 0 amide bonds. The van der Waals surface area contributed by atoms with Gasteiger partial charge in [-0.25, -0.2) is 4.79 Å². The molecule has 0 aromatic heterocycles. The predicted molar refractivity (Wildman–Crippen MR) is 134 cm³/mol. The maximum atomic E-state index is 12.0. The number of rotatable bonds is 8. The van der Waals surface area contributed by atoms with Gasteiger partial charge in [-0.3, -0.25) is 0 Å². The predicted octanol–water partition coefficient (Wildman–Crippen LogP) is 6.24. The summed E-state index contributed by atoms with van der Waals surface area (Å²) in [6.45, 7) is 10.6. The Morgan fingerprint density at radius 2 is 1.64 bits per heavy atom. The molecule has 0 spiro atoms. The molecule has 1 atom stereocenters. The van der Waals surface area contributed by atoms with E-state index >= 15 is 0 Å². The lowest BCUT2D eigenvalue weighted by Gasteiger charge is -2.43. The van der Waals surface area contributed by atoms with Crippen LogP contribution in [0.25, 0.3) is 0 Å². The van der Waals surface area contributed by atoms with Gasteiger partial charge >= 0.3 is 5.97 Å². The van der Waals surface area contributed by atoms with Crippen molar-refractivity contribution in [3.8, 4) is 17.6 Å². The number of nitriles is 1. The summed E-state index contributed by atoms with van der Waals surface area (Å²) in [6.07, 6.45) is 0.217. The van der Waals surface area contributed by atoms with Gasteiger partial charge in [0.15, 0.2) is 13.9 Å². The van der Waals surface area contributed by atoms with E-state index in [0.717, 1.165) is 5.56 Å². The molecule has 2 rings (SSSR count). The van der Waals surface area contributed by atoms with Gasteiger partial charge in [0, 0.05) is 10.9 Å². The molecule has 33 heavy (non-hydrogen) atoms. The van der Waals surface area contributed by atoms with Crippen molar-refractivity contribution in [1.29, 1.82) is 5.26 Å². The molecule has 0 aliphatic rings. The fourth-order valence-corrected chi connectivity index (χ4v) is 5.25. The van der Waals surface area contributed by atoms with Crippen LogP contribution < -0.4 is 9.47 Å². The summed E-state index contributed by atoms with van der Waals surface area (Å²) in [4.78, 5) is 12.0. The quantitative estimate of drug-likeness (QED) is 0.295. The molecule has 0 N–H and O–H groups in total. The highest BCUT2D eigenvalue weighted by molar-refractivity contribution is 9.10. The summed E-state index contributed by atoms with van der Waals surface area (Å²) in [5.41, 5.74) is 0.369. The Morgan fingerprint density at radius 1 is 1.06 bits per heavy atom. The van der Waals surface area contributed by atoms with Crippen LogP contribution in [0.5, 0.6) is 11.5 Å². The van der Waals surface area contributed by atoms with E-state index in [1.807, 2.05) is 6.07 Å². The van der Waals surface area contributed by atoms with Crippen LogP contribution in [0.15, 0.2) is 40.9 Å². The standard InChI is InChI=1S/C25H32BrNO5Si/c1-24(2,3)33(7,8)32-25(16-27,22-20(29-4)10-9-11-21(22)30-5)15-18-13-12-17(14-19(18)26)23(28)31-6/h9-14H,15H2,1-8H3. The molecule has 0 radical (unpaired) electrons. The second kappa shape index (κ2) is 10.3. The second-order valence-electron chi connectivity index (χ2n) is 9.31. The highest BCUT2D eigenvalue weighted by atomic mass is 79.9. The molecule has 178 valence electrons. The third kappa shape index (κ3) is 5.60. The average Bonchev–Trinajstić information content (AvgIpc) is 2.77. The summed E-state index contributed by atoms with van der Waals surface area (Å²) < 4.78 is 23.7. The smallest absolute Gasteiger partial charge is 0.337 e. The van der Waals surface area contributed by atoms with E-state index < -0.39 is 19.9 Å². The van der Waals surface area contributed by atoms with Crippen LogP contribution in [0.4, 0.5) is 0 Å². The molecule has 6 nitrogen and oxygen atoms in total. The van der Waals surface area contributed by atoms with Crippen molar-refractivity contribution in [2.45, 2.75) is 50.9 Å². The van der Waals surface area contributed by atoms with Crippen molar-refractivity contribution >= 4 is 30.2 Å². The first kappa shape index (κ1) is 26.9. The number of hydrogen-bond acceptors (Lipinski definition) is 6. The van der Waals surface area contributed by atoms with Crippen molar-refractivity contribution in [2.24, 2.45) is 0 Å². The highest BCUT2D eigenvalue weighted by Crippen LogP contribution is 2.48. The first-order valence-corrected chi connectivity index (χ1v) is 14.3. The van der Waals surface area contributed by atoms with E-state index in [-0.39, 0.29) is 11.5 Å². The Labute approximate surface area is 206 Å². The molecule has 0 heterocycles. The number of carbonyl (C=O) groups excluding carboxylic acids is 1. The van der Waals surface area contributed by atoms with Gasteiger partial charge in [0.2, 0.25) is 0 Å². The van der Waals surface area contributed by atoms with Crippen LogP contribution in [0, 0.1) is 11.3 Å². The molecule has 0 fully saturated rings. The molecule has 2 aromatic carbocycles. The summed E-state index contributed by atoms with van der Waals surface area (Å²) in [5, 5.41) is 10.5. The SMILES string of the molecule is COC(=O)c1ccc(CC(C#N)(O[Si](C)(C)C(C)(C)C)c2c(OC)cccc2OC)c(Br)c1. The molecule has 1 unspecified atom stereocenters. The van der Waals surface area contributed by atoms with Gasteiger partial charge in [-0.1, -0.05) is 48.8 Å². The maximum Gasteiger partial charge on any atom is 0.337 e. The van der Waals surface area contributed by atoms with E-state index in [0.29, 0.717) is 27.1 Å². The Morgan fingerprint density at radius 3 is 2.06 bits per heavy atom. The van der Waals surface area contributed by atoms with Crippen LogP contribution >= 0.6 is 15.9 Å². The Balaban J connectivity index is 2.77. The van der Waals surface area contributed by atoms with Crippen LogP contribution in [0.2, 0.25) is 18.1 Å². The molecule has 8 heteroatoms. The van der Waals surface area contributed by atoms with Gasteiger partial charge in [0.25, 0.3) is 0 Å². The van der Waals surface area contributed by atoms with Crippen molar-refractivity contribution in [2.75, 3.05) is 21.3 Å². The molecule has 0 aliphatic heterocycles. The minimum absolute atomic E-state index is 0.143. The molecular weight excluding hydrogens is 502 g/mol. The van der Waals surface area contributed by atoms with E-state index in [9.17, 15) is 10.1 Å². The average molecular weight is 535 g/mol. The number of ether oxygens (including phenoxy) is 3. The number of methoxy groups -OCH3 is 3. The van der Waals surface area contributed by atoms with E-state index in [4.69, 9.17) is 18.6 Å². The molecule has 0 saturated heterocycles. The van der Waals surface area contributed by atoms with Crippen molar-refractivity contribution in [3.63, 3.8) is 0 Å². The minimum atomic E-state index is -2.44. The normalized spacial score (nSPS) is 13.6. The van der Waals surface area contributed by atoms with Crippen molar-refractivity contribution in [1.82, 2.24) is 0 Å². The lowest BCUT2D eigenvalue weighted by Crippen LogP contribution is -2.49. The van der Waals surface area contributed by atoms with E-state index in [1.54, 1.807) is 44.6 Å². The Bertz CT molecular complexity index is 1040. The largest absolute Gasteiger partial charge is 0.496 e. The van der Waals surface area contributed by atoms with Gasteiger partial charge in [-0.2, -0.15) is 5.26 Å². The zero-order chi connectivity index (χ0) is 25.0. The Hall–Kier alpha value is -2.34. The van der Waals surface area contributed by atoms with Gasteiger partial charge in [-0.05, 0) is 48.0 Å². The fraction of sp³-hybridized carbons (Fsp3) is 0.440. The van der Waals surface area contributed by atoms with E-state index in [2.05, 4.69) is 55.9 Å². The molecule has 0 saturated carbocycles. The number of halogens is 1. The Kier molecular flexibility index (Phi) is 8.39. The van der Waals surface area contributed by atoms with Crippen molar-refractivity contribution in [3.05, 3.63) is 57.6 Å². The van der Waals surface area contributed by atoms with Crippen molar-refractivity contribution < 1.29 is 23.4 Å². The van der Waals surface area contributed by atoms with Crippen LogP contribution in [-0.4, -0.2) is 35.6 Å². The molecule has 2 aromatic rings. The third-order valence-electron chi connectivity index (χ3n) is 6.16. The lowest BCUT2D eigenvalue weighted by atomic mass is 9.87. The topological polar surface area (TPSA) is 77.8 Å². The van der Waals surface area contributed by atoms with Crippen LogP contribution in [-0.2, 0) is 21.2 Å². The number of carbonyl (C=O) groups is 1. The molecular formula is C25H32BrNO5Si. The first-order chi connectivity index (χ1) is 15.4. The number of hydrogen-bond donors (Lipinski definition) is 0. The number of esters is 1. The number of nitrogens with zero attached hydrogens (tertiary/aromatic N) is 1. The second-order valence-corrected chi connectivity index (χ2v) is 14.9. The zero-order valence-corrected chi connectivity index (χ0v) is 23.1. The van der Waals surface area contributed by atoms with Gasteiger partial charge < -0.3 is 18.6 Å². The zero-order valence-electron chi connectivity index (χ0n) is 20.5. The third-order valence-corrected chi connectivity index (χ3v) is 11.4. The monoisotopic (exact) mass is 533 g/mol. The van der Waals surface area contributed by atoms with Crippen LogP contribution in [0.1, 0.15) is 42.3 Å². The fourth-order valence-electron chi connectivity index (χ4n) is 3.34. The summed E-state index contributed by atoms with van der Waals surface area (Å²) in [6, 6.07) is 13.1. The molecule has 0 aliphatic carbocycles.